The van der Waals surface area contributed by atoms with E-state index < -0.39 is 0 Å². The molecular formula is C21H35N5O2. The van der Waals surface area contributed by atoms with Gasteiger partial charge in [-0.05, 0) is 37.8 Å². The smallest absolute Gasteiger partial charge is 0.233 e. The molecule has 1 aliphatic heterocycles. The summed E-state index contributed by atoms with van der Waals surface area (Å²) in [7, 11) is 1.69. The maximum absolute atomic E-state index is 11.6. The van der Waals surface area contributed by atoms with Gasteiger partial charge in [0.05, 0.1) is 12.8 Å². The average Bonchev–Trinajstić information content (AvgIpc) is 3.23. The molecule has 7 heteroatoms. The predicted octanol–water partition coefficient (Wildman–Crippen LogP) is 1.90. The molecule has 0 unspecified atom stereocenters. The first-order chi connectivity index (χ1) is 13.7. The van der Waals surface area contributed by atoms with E-state index in [0.29, 0.717) is 25.2 Å². The fourth-order valence-electron chi connectivity index (χ4n) is 4.02. The maximum Gasteiger partial charge on any atom is 0.233 e. The number of carbonyl (C=O) groups excluding carboxylic acids is 1. The van der Waals surface area contributed by atoms with E-state index in [4.69, 9.17) is 9.41 Å². The quantitative estimate of drug-likeness (QED) is 0.490. The molecular weight excluding hydrogens is 354 g/mol. The Hall–Kier alpha value is -2.02. The van der Waals surface area contributed by atoms with Crippen molar-refractivity contribution in [1.82, 2.24) is 20.9 Å². The van der Waals surface area contributed by atoms with Gasteiger partial charge in [0, 0.05) is 45.2 Å². The van der Waals surface area contributed by atoms with E-state index in [9.17, 15) is 4.79 Å². The lowest BCUT2D eigenvalue weighted by Crippen LogP contribution is -2.52. The van der Waals surface area contributed by atoms with Gasteiger partial charge in [-0.25, -0.2) is 0 Å². The van der Waals surface area contributed by atoms with Gasteiger partial charge in [-0.2, -0.15) is 0 Å². The van der Waals surface area contributed by atoms with Crippen molar-refractivity contribution in [3.8, 4) is 0 Å². The molecule has 28 heavy (non-hydrogen) atoms. The highest BCUT2D eigenvalue weighted by molar-refractivity contribution is 5.80. The van der Waals surface area contributed by atoms with Crippen LogP contribution in [0.25, 0.3) is 0 Å². The van der Waals surface area contributed by atoms with Crippen molar-refractivity contribution in [3.63, 3.8) is 0 Å². The van der Waals surface area contributed by atoms with Gasteiger partial charge >= 0.3 is 0 Å². The highest BCUT2D eigenvalue weighted by Crippen LogP contribution is 2.17. The standard InChI is InChI=1S/C21H35N5O2/c1-22-20(27)16-26-13-10-18(11-14-26)25-21(24-17-6-3-2-4-7-17)23-12-9-19-8-5-15-28-19/h5,8,15,17-18H,2-4,6-7,9-14,16H2,1H3,(H,22,27)(H2,23,24,25). The van der Waals surface area contributed by atoms with Crippen LogP contribution < -0.4 is 16.0 Å². The number of likely N-dealkylation sites (N-methyl/N-ethyl adjacent to an activating group) is 1. The minimum absolute atomic E-state index is 0.0885. The van der Waals surface area contributed by atoms with Gasteiger partial charge < -0.3 is 20.4 Å². The second kappa shape index (κ2) is 11.1. The Bertz CT molecular complexity index is 602. The Morgan fingerprint density at radius 2 is 1.86 bits per heavy atom. The van der Waals surface area contributed by atoms with Crippen molar-refractivity contribution in [2.24, 2.45) is 4.99 Å². The third kappa shape index (κ3) is 6.86. The van der Waals surface area contributed by atoms with Gasteiger partial charge in [0.1, 0.15) is 5.76 Å². The Labute approximate surface area is 168 Å². The van der Waals surface area contributed by atoms with Gasteiger partial charge in [0.2, 0.25) is 5.91 Å². The lowest BCUT2D eigenvalue weighted by Gasteiger charge is -2.33. The number of aliphatic imine (C=N–C) groups is 1. The number of hydrogen-bond donors (Lipinski definition) is 3. The molecule has 0 aromatic carbocycles. The second-order valence-electron chi connectivity index (χ2n) is 7.91. The van der Waals surface area contributed by atoms with Gasteiger partial charge in [0.25, 0.3) is 0 Å². The van der Waals surface area contributed by atoms with Gasteiger partial charge in [0.15, 0.2) is 5.96 Å². The number of likely N-dealkylation sites (tertiary alicyclic amines) is 1. The van der Waals surface area contributed by atoms with E-state index in [-0.39, 0.29) is 5.91 Å². The molecule has 1 aromatic heterocycles. The lowest BCUT2D eigenvalue weighted by molar-refractivity contribution is -0.122. The molecule has 0 radical (unpaired) electrons. The number of furan rings is 1. The van der Waals surface area contributed by atoms with E-state index in [2.05, 4.69) is 20.9 Å². The summed E-state index contributed by atoms with van der Waals surface area (Å²) in [5.74, 6) is 2.00. The van der Waals surface area contributed by atoms with E-state index in [1.165, 1.54) is 32.1 Å². The topological polar surface area (TPSA) is 81.9 Å². The molecule has 2 heterocycles. The average molecular weight is 390 g/mol. The Morgan fingerprint density at radius 1 is 1.14 bits per heavy atom. The molecule has 1 aliphatic carbocycles. The van der Waals surface area contributed by atoms with Crippen molar-refractivity contribution in [2.45, 2.75) is 63.5 Å². The highest BCUT2D eigenvalue weighted by atomic mass is 16.3. The number of nitrogens with zero attached hydrogens (tertiary/aromatic N) is 2. The van der Waals surface area contributed by atoms with Gasteiger partial charge in [-0.15, -0.1) is 0 Å². The normalized spacial score (nSPS) is 20.1. The third-order valence-corrected chi connectivity index (χ3v) is 5.73. The molecule has 3 rings (SSSR count). The van der Waals surface area contributed by atoms with Crippen LogP contribution in [0, 0.1) is 0 Å². The summed E-state index contributed by atoms with van der Waals surface area (Å²) in [5.41, 5.74) is 0. The Morgan fingerprint density at radius 3 is 2.50 bits per heavy atom. The molecule has 3 N–H and O–H groups in total. The monoisotopic (exact) mass is 389 g/mol. The number of nitrogens with one attached hydrogen (secondary N) is 3. The molecule has 156 valence electrons. The fourth-order valence-corrected chi connectivity index (χ4v) is 4.02. The van der Waals surface area contributed by atoms with Crippen LogP contribution in [0.1, 0.15) is 50.7 Å². The van der Waals surface area contributed by atoms with E-state index in [1.54, 1.807) is 13.3 Å². The molecule has 0 atom stereocenters. The maximum atomic E-state index is 11.6. The molecule has 1 aromatic rings. The van der Waals surface area contributed by atoms with Crippen LogP contribution in [0.5, 0.6) is 0 Å². The van der Waals surface area contributed by atoms with Crippen molar-refractivity contribution < 1.29 is 9.21 Å². The zero-order valence-corrected chi connectivity index (χ0v) is 17.1. The number of amides is 1. The number of rotatable bonds is 7. The zero-order chi connectivity index (χ0) is 19.6. The molecule has 0 bridgehead atoms. The molecule has 1 amide bonds. The van der Waals surface area contributed by atoms with Crippen molar-refractivity contribution in [3.05, 3.63) is 24.2 Å². The summed E-state index contributed by atoms with van der Waals surface area (Å²) in [6.07, 6.45) is 11.0. The summed E-state index contributed by atoms with van der Waals surface area (Å²) in [6, 6.07) is 4.85. The lowest BCUT2D eigenvalue weighted by atomic mass is 9.95. The molecule has 2 fully saturated rings. The summed E-state index contributed by atoms with van der Waals surface area (Å²) in [5, 5.41) is 10.0. The minimum Gasteiger partial charge on any atom is -0.469 e. The first-order valence-electron chi connectivity index (χ1n) is 10.8. The molecule has 2 aliphatic rings. The fraction of sp³-hybridized carbons (Fsp3) is 0.714. The first kappa shape index (κ1) is 20.7. The molecule has 1 saturated heterocycles. The first-order valence-corrected chi connectivity index (χ1v) is 10.8. The van der Waals surface area contributed by atoms with E-state index >= 15 is 0 Å². The van der Waals surface area contributed by atoms with Crippen LogP contribution in [-0.4, -0.2) is 62.1 Å². The second-order valence-corrected chi connectivity index (χ2v) is 7.91. The largest absolute Gasteiger partial charge is 0.469 e. The van der Waals surface area contributed by atoms with E-state index in [0.717, 1.165) is 44.1 Å². The van der Waals surface area contributed by atoms with Crippen LogP contribution in [0.4, 0.5) is 0 Å². The number of guanidine groups is 1. The number of piperidine rings is 1. The van der Waals surface area contributed by atoms with E-state index in [1.807, 2.05) is 12.1 Å². The Kier molecular flexibility index (Phi) is 8.21. The Balaban J connectivity index is 1.50. The van der Waals surface area contributed by atoms with Crippen LogP contribution in [0.15, 0.2) is 27.8 Å². The zero-order valence-electron chi connectivity index (χ0n) is 17.1. The number of hydrogen-bond acceptors (Lipinski definition) is 4. The highest BCUT2D eigenvalue weighted by Gasteiger charge is 2.22. The molecule has 0 spiro atoms. The van der Waals surface area contributed by atoms with Crippen LogP contribution in [0.3, 0.4) is 0 Å². The summed E-state index contributed by atoms with van der Waals surface area (Å²) in [6.45, 7) is 3.08. The van der Waals surface area contributed by atoms with Crippen molar-refractivity contribution in [1.29, 1.82) is 0 Å². The summed E-state index contributed by atoms with van der Waals surface area (Å²) < 4.78 is 5.42. The molecule has 1 saturated carbocycles. The summed E-state index contributed by atoms with van der Waals surface area (Å²) in [4.78, 5) is 18.6. The predicted molar refractivity (Wildman–Crippen MR) is 111 cm³/mol. The third-order valence-electron chi connectivity index (χ3n) is 5.73. The summed E-state index contributed by atoms with van der Waals surface area (Å²) >= 11 is 0. The van der Waals surface area contributed by atoms with Gasteiger partial charge in [-0.1, -0.05) is 19.3 Å². The molecule has 7 nitrogen and oxygen atoms in total. The van der Waals surface area contributed by atoms with Crippen molar-refractivity contribution >= 4 is 11.9 Å². The SMILES string of the molecule is CNC(=O)CN1CCC(NC(=NCCc2ccco2)NC2CCCCC2)CC1. The van der Waals surface area contributed by atoms with Crippen molar-refractivity contribution in [2.75, 3.05) is 33.2 Å². The van der Waals surface area contributed by atoms with Crippen LogP contribution in [-0.2, 0) is 11.2 Å². The minimum atomic E-state index is 0.0885. The number of carbonyl (C=O) groups is 1. The van der Waals surface area contributed by atoms with Gasteiger partial charge in [-0.3, -0.25) is 14.7 Å². The van der Waals surface area contributed by atoms with Crippen LogP contribution >= 0.6 is 0 Å². The van der Waals surface area contributed by atoms with Crippen LogP contribution in [0.2, 0.25) is 0 Å².